The maximum atomic E-state index is 4.11. The SMILES string of the molecule is Cc1c(I)cccc1NCCc1cccnc1. The van der Waals surface area contributed by atoms with E-state index in [9.17, 15) is 0 Å². The van der Waals surface area contributed by atoms with E-state index in [1.807, 2.05) is 12.3 Å². The maximum Gasteiger partial charge on any atom is 0.0380 e. The normalized spacial score (nSPS) is 10.2. The number of anilines is 1. The van der Waals surface area contributed by atoms with Gasteiger partial charge in [0, 0.05) is 28.2 Å². The number of pyridine rings is 1. The Labute approximate surface area is 116 Å². The number of benzene rings is 1. The molecule has 0 aliphatic rings. The Balaban J connectivity index is 1.93. The molecule has 1 aromatic heterocycles. The lowest BCUT2D eigenvalue weighted by atomic mass is 10.2. The van der Waals surface area contributed by atoms with E-state index in [0.717, 1.165) is 13.0 Å². The van der Waals surface area contributed by atoms with Crippen molar-refractivity contribution in [2.75, 3.05) is 11.9 Å². The first-order valence-corrected chi connectivity index (χ1v) is 6.73. The monoisotopic (exact) mass is 338 g/mol. The Hall–Kier alpha value is -1.10. The lowest BCUT2D eigenvalue weighted by Gasteiger charge is -2.10. The van der Waals surface area contributed by atoms with Crippen molar-refractivity contribution >= 4 is 28.3 Å². The van der Waals surface area contributed by atoms with Crippen LogP contribution in [0.3, 0.4) is 0 Å². The minimum Gasteiger partial charge on any atom is -0.384 e. The molecule has 17 heavy (non-hydrogen) atoms. The predicted molar refractivity (Wildman–Crippen MR) is 80.3 cm³/mol. The summed E-state index contributed by atoms with van der Waals surface area (Å²) in [7, 11) is 0. The van der Waals surface area contributed by atoms with Crippen molar-refractivity contribution in [3.63, 3.8) is 0 Å². The van der Waals surface area contributed by atoms with Crippen molar-refractivity contribution in [2.45, 2.75) is 13.3 Å². The Morgan fingerprint density at radius 1 is 1.24 bits per heavy atom. The fraction of sp³-hybridized carbons (Fsp3) is 0.214. The van der Waals surface area contributed by atoms with Crippen LogP contribution >= 0.6 is 22.6 Å². The van der Waals surface area contributed by atoms with Gasteiger partial charge in [0.25, 0.3) is 0 Å². The molecule has 88 valence electrons. The fourth-order valence-corrected chi connectivity index (χ4v) is 2.18. The van der Waals surface area contributed by atoms with Crippen molar-refractivity contribution < 1.29 is 0 Å². The summed E-state index contributed by atoms with van der Waals surface area (Å²) in [5, 5.41) is 3.47. The molecule has 1 N–H and O–H groups in total. The van der Waals surface area contributed by atoms with Gasteiger partial charge in [-0.1, -0.05) is 12.1 Å². The van der Waals surface area contributed by atoms with Gasteiger partial charge in [0.15, 0.2) is 0 Å². The second-order valence-corrected chi connectivity index (χ2v) is 5.11. The predicted octanol–water partition coefficient (Wildman–Crippen LogP) is 3.65. The molecular weight excluding hydrogens is 323 g/mol. The number of hydrogen-bond acceptors (Lipinski definition) is 2. The first kappa shape index (κ1) is 12.4. The van der Waals surface area contributed by atoms with Crippen LogP contribution in [0.25, 0.3) is 0 Å². The maximum absolute atomic E-state index is 4.11. The molecule has 0 aliphatic carbocycles. The molecule has 1 heterocycles. The summed E-state index contributed by atoms with van der Waals surface area (Å²) in [5.41, 5.74) is 3.81. The highest BCUT2D eigenvalue weighted by atomic mass is 127. The van der Waals surface area contributed by atoms with E-state index in [-0.39, 0.29) is 0 Å². The second kappa shape index (κ2) is 6.00. The molecule has 0 saturated heterocycles. The van der Waals surface area contributed by atoms with Crippen LogP contribution in [0.4, 0.5) is 5.69 Å². The van der Waals surface area contributed by atoms with Gasteiger partial charge < -0.3 is 5.32 Å². The summed E-state index contributed by atoms with van der Waals surface area (Å²) in [6.45, 7) is 3.08. The lowest BCUT2D eigenvalue weighted by Crippen LogP contribution is -2.06. The topological polar surface area (TPSA) is 24.9 Å². The van der Waals surface area contributed by atoms with Crippen LogP contribution in [0.15, 0.2) is 42.7 Å². The molecule has 1 aromatic carbocycles. The zero-order valence-corrected chi connectivity index (χ0v) is 11.9. The van der Waals surface area contributed by atoms with Gasteiger partial charge in [-0.2, -0.15) is 0 Å². The molecule has 2 aromatic rings. The molecule has 2 nitrogen and oxygen atoms in total. The molecule has 0 aliphatic heterocycles. The highest BCUT2D eigenvalue weighted by molar-refractivity contribution is 14.1. The largest absolute Gasteiger partial charge is 0.384 e. The first-order valence-electron chi connectivity index (χ1n) is 5.65. The Morgan fingerprint density at radius 3 is 2.88 bits per heavy atom. The second-order valence-electron chi connectivity index (χ2n) is 3.95. The summed E-state index contributed by atoms with van der Waals surface area (Å²) in [6.07, 6.45) is 4.72. The third-order valence-corrected chi connectivity index (χ3v) is 3.89. The van der Waals surface area contributed by atoms with E-state index in [0.29, 0.717) is 0 Å². The van der Waals surface area contributed by atoms with Crippen molar-refractivity contribution in [3.8, 4) is 0 Å². The van der Waals surface area contributed by atoms with Crippen LogP contribution in [0.1, 0.15) is 11.1 Å². The van der Waals surface area contributed by atoms with E-state index < -0.39 is 0 Å². The van der Waals surface area contributed by atoms with Crippen LogP contribution in [0.5, 0.6) is 0 Å². The molecular formula is C14H15IN2. The zero-order valence-electron chi connectivity index (χ0n) is 9.78. The molecule has 0 bridgehead atoms. The van der Waals surface area contributed by atoms with Crippen molar-refractivity contribution in [1.82, 2.24) is 4.98 Å². The molecule has 0 amide bonds. The third-order valence-electron chi connectivity index (χ3n) is 2.72. The third kappa shape index (κ3) is 3.43. The number of hydrogen-bond donors (Lipinski definition) is 1. The van der Waals surface area contributed by atoms with Crippen molar-refractivity contribution in [1.29, 1.82) is 0 Å². The lowest BCUT2D eigenvalue weighted by molar-refractivity contribution is 1.00. The smallest absolute Gasteiger partial charge is 0.0380 e. The average molecular weight is 338 g/mol. The fourth-order valence-electron chi connectivity index (χ4n) is 1.69. The highest BCUT2D eigenvalue weighted by Gasteiger charge is 2.00. The van der Waals surface area contributed by atoms with Crippen LogP contribution in [0, 0.1) is 10.5 Å². The van der Waals surface area contributed by atoms with Crippen LogP contribution in [-0.2, 0) is 6.42 Å². The average Bonchev–Trinajstić information content (AvgIpc) is 2.36. The molecule has 0 saturated carbocycles. The minimum atomic E-state index is 0.937. The van der Waals surface area contributed by atoms with Gasteiger partial charge in [-0.25, -0.2) is 0 Å². The zero-order chi connectivity index (χ0) is 12.1. The van der Waals surface area contributed by atoms with Crippen LogP contribution < -0.4 is 5.32 Å². The molecule has 0 atom stereocenters. The molecule has 0 fully saturated rings. The number of nitrogens with one attached hydrogen (secondary N) is 1. The van der Waals surface area contributed by atoms with E-state index in [1.54, 1.807) is 6.20 Å². The first-order chi connectivity index (χ1) is 8.27. The van der Waals surface area contributed by atoms with E-state index in [2.05, 4.69) is 64.1 Å². The highest BCUT2D eigenvalue weighted by Crippen LogP contribution is 2.20. The molecule has 0 unspecified atom stereocenters. The number of rotatable bonds is 4. The number of aromatic nitrogens is 1. The summed E-state index contributed by atoms with van der Waals surface area (Å²) < 4.78 is 1.30. The Bertz CT molecular complexity index is 483. The minimum absolute atomic E-state index is 0.937. The molecule has 2 rings (SSSR count). The van der Waals surface area contributed by atoms with Gasteiger partial charge in [-0.3, -0.25) is 4.98 Å². The standard InChI is InChI=1S/C14H15IN2/c1-11-13(15)5-2-6-14(11)17-9-7-12-4-3-8-16-10-12/h2-6,8,10,17H,7,9H2,1H3. The van der Waals surface area contributed by atoms with Crippen molar-refractivity contribution in [3.05, 3.63) is 57.4 Å². The van der Waals surface area contributed by atoms with E-state index >= 15 is 0 Å². The molecule has 0 spiro atoms. The Morgan fingerprint density at radius 2 is 2.12 bits per heavy atom. The summed E-state index contributed by atoms with van der Waals surface area (Å²) in [6, 6.07) is 10.4. The summed E-state index contributed by atoms with van der Waals surface area (Å²) in [4.78, 5) is 4.11. The molecule has 3 heteroatoms. The van der Waals surface area contributed by atoms with Gasteiger partial charge in [0.1, 0.15) is 0 Å². The molecule has 0 radical (unpaired) electrons. The van der Waals surface area contributed by atoms with Gasteiger partial charge in [-0.15, -0.1) is 0 Å². The van der Waals surface area contributed by atoms with Gasteiger partial charge in [0.2, 0.25) is 0 Å². The van der Waals surface area contributed by atoms with Crippen LogP contribution in [-0.4, -0.2) is 11.5 Å². The van der Waals surface area contributed by atoms with Crippen LogP contribution in [0.2, 0.25) is 0 Å². The number of nitrogens with zero attached hydrogens (tertiary/aromatic N) is 1. The van der Waals surface area contributed by atoms with Gasteiger partial charge >= 0.3 is 0 Å². The van der Waals surface area contributed by atoms with E-state index in [4.69, 9.17) is 0 Å². The Kier molecular flexibility index (Phi) is 4.36. The van der Waals surface area contributed by atoms with Crippen molar-refractivity contribution in [2.24, 2.45) is 0 Å². The van der Waals surface area contributed by atoms with Gasteiger partial charge in [0.05, 0.1) is 0 Å². The van der Waals surface area contributed by atoms with Gasteiger partial charge in [-0.05, 0) is 65.3 Å². The summed E-state index contributed by atoms with van der Waals surface area (Å²) >= 11 is 2.36. The summed E-state index contributed by atoms with van der Waals surface area (Å²) in [5.74, 6) is 0. The number of halogens is 1. The van der Waals surface area contributed by atoms with E-state index in [1.165, 1.54) is 20.4 Å². The quantitative estimate of drug-likeness (QED) is 0.861.